The maximum atomic E-state index is 12.8. The van der Waals surface area contributed by atoms with Gasteiger partial charge in [-0.25, -0.2) is 4.57 Å². The zero-order chi connectivity index (χ0) is 38.2. The number of amides is 1. The van der Waals surface area contributed by atoms with Crippen molar-refractivity contribution in [1.29, 1.82) is 0 Å². The predicted octanol–water partition coefficient (Wildman–Crippen LogP) is 12.2. The van der Waals surface area contributed by atoms with Crippen LogP contribution >= 0.6 is 7.82 Å². The Morgan fingerprint density at radius 1 is 0.635 bits per heavy atom. The van der Waals surface area contributed by atoms with Gasteiger partial charge in [0, 0.05) is 13.0 Å². The van der Waals surface area contributed by atoms with Gasteiger partial charge in [0.2, 0.25) is 5.91 Å². The Morgan fingerprint density at radius 3 is 1.58 bits per heavy atom. The van der Waals surface area contributed by atoms with Gasteiger partial charge in [-0.1, -0.05) is 192 Å². The minimum atomic E-state index is -4.32. The quantitative estimate of drug-likeness (QED) is 0.0277. The van der Waals surface area contributed by atoms with Crippen LogP contribution in [0.4, 0.5) is 0 Å². The van der Waals surface area contributed by atoms with Gasteiger partial charge in [0.1, 0.15) is 0 Å². The smallest absolute Gasteiger partial charge is 0.391 e. The third kappa shape index (κ3) is 37.3. The number of hydrogen-bond donors (Lipinski definition) is 4. The van der Waals surface area contributed by atoms with Crippen LogP contribution in [0, 0.1) is 0 Å². The molecule has 0 aromatic rings. The first-order chi connectivity index (χ1) is 25.4. The zero-order valence-corrected chi connectivity index (χ0v) is 35.0. The Kier molecular flexibility index (Phi) is 38.9. The highest BCUT2D eigenvalue weighted by atomic mass is 31.2. The number of phosphoric ester groups is 1. The molecule has 3 atom stereocenters. The van der Waals surface area contributed by atoms with Crippen LogP contribution < -0.4 is 11.1 Å². The molecular weight excluding hydrogens is 671 g/mol. The molecule has 0 radical (unpaired) electrons. The Balaban J connectivity index is 4.14. The maximum Gasteiger partial charge on any atom is 0.472 e. The Labute approximate surface area is 321 Å². The summed E-state index contributed by atoms with van der Waals surface area (Å²) in [5.74, 6) is -0.175. The van der Waals surface area contributed by atoms with Gasteiger partial charge in [0.25, 0.3) is 0 Å². The van der Waals surface area contributed by atoms with Crippen LogP contribution in [-0.4, -0.2) is 47.8 Å². The molecule has 52 heavy (non-hydrogen) atoms. The summed E-state index contributed by atoms with van der Waals surface area (Å²) >= 11 is 0. The number of rotatable bonds is 41. The van der Waals surface area contributed by atoms with Crippen molar-refractivity contribution in [1.82, 2.24) is 5.32 Å². The number of allylic oxidation sites excluding steroid dienone is 4. The highest BCUT2D eigenvalue weighted by Gasteiger charge is 2.27. The molecule has 0 bridgehead atoms. The number of nitrogens with two attached hydrogens (primary N) is 1. The largest absolute Gasteiger partial charge is 0.472 e. The topological polar surface area (TPSA) is 131 Å². The first-order valence-electron chi connectivity index (χ1n) is 22.0. The highest BCUT2D eigenvalue weighted by Crippen LogP contribution is 2.43. The van der Waals surface area contributed by atoms with E-state index < -0.39 is 20.0 Å². The van der Waals surface area contributed by atoms with Crippen molar-refractivity contribution >= 4 is 13.7 Å². The summed E-state index contributed by atoms with van der Waals surface area (Å²) in [5.41, 5.74) is 5.38. The van der Waals surface area contributed by atoms with Gasteiger partial charge in [-0.15, -0.1) is 0 Å². The fourth-order valence-electron chi connectivity index (χ4n) is 6.45. The molecule has 0 spiro atoms. The fraction of sp³-hybridized carbons (Fsp3) is 0.884. The number of carbonyl (C=O) groups is 1. The van der Waals surface area contributed by atoms with Crippen LogP contribution in [0.2, 0.25) is 0 Å². The van der Waals surface area contributed by atoms with Crippen molar-refractivity contribution in [3.8, 4) is 0 Å². The molecule has 8 nitrogen and oxygen atoms in total. The Morgan fingerprint density at radius 2 is 1.08 bits per heavy atom. The first kappa shape index (κ1) is 51.0. The van der Waals surface area contributed by atoms with Gasteiger partial charge in [-0.3, -0.25) is 13.8 Å². The first-order valence-corrected chi connectivity index (χ1v) is 23.4. The van der Waals surface area contributed by atoms with E-state index in [1.165, 1.54) is 122 Å². The van der Waals surface area contributed by atoms with Crippen LogP contribution in [0.3, 0.4) is 0 Å². The van der Waals surface area contributed by atoms with Gasteiger partial charge in [-0.05, 0) is 38.5 Å². The van der Waals surface area contributed by atoms with Gasteiger partial charge < -0.3 is 21.1 Å². The molecule has 1 amide bonds. The monoisotopic (exact) mass is 757 g/mol. The molecule has 308 valence electrons. The van der Waals surface area contributed by atoms with Crippen LogP contribution in [0.15, 0.2) is 24.3 Å². The summed E-state index contributed by atoms with van der Waals surface area (Å²) in [6, 6.07) is -0.779. The lowest BCUT2D eigenvalue weighted by Gasteiger charge is -2.25. The lowest BCUT2D eigenvalue weighted by molar-refractivity contribution is -0.123. The predicted molar refractivity (Wildman–Crippen MR) is 221 cm³/mol. The van der Waals surface area contributed by atoms with Gasteiger partial charge >= 0.3 is 7.82 Å². The number of unbranched alkanes of at least 4 members (excludes halogenated alkanes) is 25. The molecule has 3 unspecified atom stereocenters. The molecule has 0 aliphatic heterocycles. The van der Waals surface area contributed by atoms with Crippen molar-refractivity contribution in [2.45, 2.75) is 225 Å². The molecule has 0 rings (SSSR count). The van der Waals surface area contributed by atoms with Crippen molar-refractivity contribution in [2.75, 3.05) is 19.8 Å². The fourth-order valence-corrected chi connectivity index (χ4v) is 7.21. The van der Waals surface area contributed by atoms with Crippen LogP contribution in [0.5, 0.6) is 0 Å². The molecular formula is C43H85N2O6P. The van der Waals surface area contributed by atoms with Crippen molar-refractivity contribution in [2.24, 2.45) is 5.73 Å². The number of nitrogens with one attached hydrogen (secondary N) is 1. The van der Waals surface area contributed by atoms with Gasteiger partial charge in [-0.2, -0.15) is 0 Å². The summed E-state index contributed by atoms with van der Waals surface area (Å²) in [4.78, 5) is 22.7. The second-order valence-corrected chi connectivity index (χ2v) is 16.4. The average Bonchev–Trinajstić information content (AvgIpc) is 3.13. The molecule has 0 heterocycles. The van der Waals surface area contributed by atoms with Gasteiger partial charge in [0.15, 0.2) is 0 Å². The molecule has 0 aliphatic carbocycles. The molecule has 0 saturated heterocycles. The minimum absolute atomic E-state index is 0.0869. The van der Waals surface area contributed by atoms with E-state index in [9.17, 15) is 19.4 Å². The normalized spacial score (nSPS) is 14.3. The molecule has 9 heteroatoms. The Hall–Kier alpha value is -1.02. The van der Waals surface area contributed by atoms with E-state index in [1.54, 1.807) is 0 Å². The van der Waals surface area contributed by atoms with E-state index in [-0.39, 0.29) is 25.7 Å². The molecule has 0 fully saturated rings. The molecule has 0 aliphatic rings. The van der Waals surface area contributed by atoms with E-state index in [2.05, 4.69) is 43.5 Å². The van der Waals surface area contributed by atoms with Gasteiger partial charge in [0.05, 0.1) is 25.4 Å². The summed E-state index contributed by atoms with van der Waals surface area (Å²) in [6.07, 6.45) is 44.7. The third-order valence-electron chi connectivity index (χ3n) is 9.81. The average molecular weight is 757 g/mol. The summed E-state index contributed by atoms with van der Waals surface area (Å²) < 4.78 is 22.2. The zero-order valence-electron chi connectivity index (χ0n) is 34.1. The number of phosphoric acid groups is 1. The second-order valence-electron chi connectivity index (χ2n) is 14.9. The van der Waals surface area contributed by atoms with E-state index in [0.29, 0.717) is 12.8 Å². The highest BCUT2D eigenvalue weighted by molar-refractivity contribution is 7.47. The lowest BCUT2D eigenvalue weighted by atomic mass is 10.0. The number of hydrogen-bond acceptors (Lipinski definition) is 6. The Bertz CT molecular complexity index is 871. The number of aliphatic hydroxyl groups excluding tert-OH is 1. The van der Waals surface area contributed by atoms with Crippen LogP contribution in [0.25, 0.3) is 0 Å². The van der Waals surface area contributed by atoms with Crippen LogP contribution in [0.1, 0.15) is 213 Å². The van der Waals surface area contributed by atoms with E-state index in [0.717, 1.165) is 64.2 Å². The van der Waals surface area contributed by atoms with E-state index in [4.69, 9.17) is 14.8 Å². The maximum absolute atomic E-state index is 12.8. The minimum Gasteiger partial charge on any atom is -0.391 e. The summed E-state index contributed by atoms with van der Waals surface area (Å²) in [7, 11) is -4.32. The second kappa shape index (κ2) is 39.7. The van der Waals surface area contributed by atoms with Crippen LogP contribution in [-0.2, 0) is 18.4 Å². The molecule has 0 saturated carbocycles. The lowest BCUT2D eigenvalue weighted by Crippen LogP contribution is -2.46. The molecule has 0 aromatic heterocycles. The van der Waals surface area contributed by atoms with Crippen molar-refractivity contribution < 1.29 is 28.4 Å². The molecule has 0 aromatic carbocycles. The number of aliphatic hydroxyl groups is 1. The number of carbonyl (C=O) groups excluding carboxylic acids is 1. The van der Waals surface area contributed by atoms with E-state index >= 15 is 0 Å². The standard InChI is InChI=1S/C43H85N2O6P/c1-3-5-7-9-11-13-15-17-19-20-21-22-23-24-26-28-30-32-34-36-42(46)41(40-51-52(48,49)50-39-38-44)45-43(47)37-35-33-31-29-27-25-18-16-14-12-10-8-6-4-2/h10,12,16,18,41-42,46H,3-9,11,13-15,17,19-40,44H2,1-2H3,(H,45,47)(H,48,49)/b12-10-,18-16-. The summed E-state index contributed by atoms with van der Waals surface area (Å²) in [6.45, 7) is 4.17. The SMILES string of the molecule is CCCC/C=C\C/C=C\CCCCCCCC(=O)NC(COP(=O)(O)OCCN)C(O)CCCCCCCCCCCCCCCCCCCCC. The molecule has 5 N–H and O–H groups in total. The van der Waals surface area contributed by atoms with Crippen molar-refractivity contribution in [3.63, 3.8) is 0 Å². The van der Waals surface area contributed by atoms with E-state index in [1.807, 2.05) is 0 Å². The van der Waals surface area contributed by atoms with Crippen molar-refractivity contribution in [3.05, 3.63) is 24.3 Å². The summed E-state index contributed by atoms with van der Waals surface area (Å²) in [5, 5.41) is 13.8. The third-order valence-corrected chi connectivity index (χ3v) is 10.8.